The Morgan fingerprint density at radius 3 is 2.63 bits per heavy atom. The minimum Gasteiger partial charge on any atom is -0.349 e. The zero-order valence-corrected chi connectivity index (χ0v) is 18.9. The van der Waals surface area contributed by atoms with Crippen LogP contribution in [-0.4, -0.2) is 30.4 Å². The zero-order valence-electron chi connectivity index (χ0n) is 18.9. The predicted molar refractivity (Wildman–Crippen MR) is 124 cm³/mol. The van der Waals surface area contributed by atoms with Crippen molar-refractivity contribution in [3.63, 3.8) is 0 Å². The maximum atomic E-state index is 11.8. The van der Waals surface area contributed by atoms with Gasteiger partial charge in [0, 0.05) is 20.3 Å². The second kappa shape index (κ2) is 8.65. The molecule has 4 atom stereocenters. The van der Waals surface area contributed by atoms with E-state index in [1.165, 1.54) is 95.0 Å². The molecule has 0 aromatic heterocycles. The first-order valence-electron chi connectivity index (χ1n) is 12.7. The third-order valence-corrected chi connectivity index (χ3v) is 9.07. The third kappa shape index (κ3) is 4.20. The molecule has 3 heteroatoms. The van der Waals surface area contributed by atoms with Crippen LogP contribution in [0.1, 0.15) is 96.1 Å². The van der Waals surface area contributed by atoms with Crippen molar-refractivity contribution >= 4 is 5.91 Å². The molecule has 1 N–H and O–H groups in total. The molecule has 1 aromatic carbocycles. The molecule has 5 rings (SSSR count). The summed E-state index contributed by atoms with van der Waals surface area (Å²) in [4.78, 5) is 14.6. The SMILES string of the molecule is CC(=O)N[C@H]1CC2(CCN(CC3CCC4CCCC(CC4)C3)CC2)c2ccccc21.[HH]. The van der Waals surface area contributed by atoms with E-state index in [0.29, 0.717) is 0 Å². The van der Waals surface area contributed by atoms with E-state index in [0.717, 1.165) is 24.2 Å². The van der Waals surface area contributed by atoms with Crippen molar-refractivity contribution in [3.8, 4) is 0 Å². The molecular formula is C27H42N2O. The maximum absolute atomic E-state index is 11.8. The topological polar surface area (TPSA) is 32.3 Å². The highest BCUT2D eigenvalue weighted by Crippen LogP contribution is 2.51. The molecule has 4 aliphatic rings. The summed E-state index contributed by atoms with van der Waals surface area (Å²) in [6, 6.07) is 9.10. The molecule has 0 radical (unpaired) electrons. The van der Waals surface area contributed by atoms with Gasteiger partial charge in [-0.05, 0) is 74.1 Å². The lowest BCUT2D eigenvalue weighted by atomic mass is 9.73. The number of nitrogens with one attached hydrogen (secondary N) is 1. The van der Waals surface area contributed by atoms with Crippen molar-refractivity contribution in [2.45, 2.75) is 89.0 Å². The molecule has 1 aliphatic heterocycles. The van der Waals surface area contributed by atoms with E-state index in [2.05, 4.69) is 34.5 Å². The number of nitrogens with zero attached hydrogens (tertiary/aromatic N) is 1. The Balaban J connectivity index is 0.00000231. The summed E-state index contributed by atoms with van der Waals surface area (Å²) in [5, 5.41) is 3.23. The first-order valence-corrected chi connectivity index (χ1v) is 12.7. The highest BCUT2D eigenvalue weighted by molar-refractivity contribution is 5.73. The van der Waals surface area contributed by atoms with Crippen LogP contribution in [0.2, 0.25) is 0 Å². The second-order valence-corrected chi connectivity index (χ2v) is 11.0. The van der Waals surface area contributed by atoms with E-state index >= 15 is 0 Å². The summed E-state index contributed by atoms with van der Waals surface area (Å²) in [6.07, 6.45) is 15.5. The molecule has 166 valence electrons. The van der Waals surface area contributed by atoms with E-state index in [1.807, 2.05) is 0 Å². The second-order valence-electron chi connectivity index (χ2n) is 11.0. The van der Waals surface area contributed by atoms with Crippen LogP contribution in [-0.2, 0) is 10.2 Å². The Kier molecular flexibility index (Phi) is 5.92. The van der Waals surface area contributed by atoms with Gasteiger partial charge in [-0.3, -0.25) is 4.79 Å². The van der Waals surface area contributed by atoms with Crippen molar-refractivity contribution in [2.75, 3.05) is 19.6 Å². The van der Waals surface area contributed by atoms with E-state index in [9.17, 15) is 4.79 Å². The zero-order chi connectivity index (χ0) is 20.6. The van der Waals surface area contributed by atoms with Crippen molar-refractivity contribution in [3.05, 3.63) is 35.4 Å². The third-order valence-electron chi connectivity index (χ3n) is 9.07. The fraction of sp³-hybridized carbons (Fsp3) is 0.741. The quantitative estimate of drug-likeness (QED) is 0.678. The molecule has 1 amide bonds. The summed E-state index contributed by atoms with van der Waals surface area (Å²) < 4.78 is 0. The molecule has 2 saturated carbocycles. The van der Waals surface area contributed by atoms with Gasteiger partial charge in [-0.1, -0.05) is 62.8 Å². The number of piperidine rings is 1. The largest absolute Gasteiger partial charge is 0.349 e. The first kappa shape index (κ1) is 20.5. The van der Waals surface area contributed by atoms with Gasteiger partial charge in [-0.15, -0.1) is 0 Å². The van der Waals surface area contributed by atoms with Crippen molar-refractivity contribution in [1.29, 1.82) is 0 Å². The van der Waals surface area contributed by atoms with Gasteiger partial charge in [0.2, 0.25) is 5.91 Å². The Morgan fingerprint density at radius 1 is 1.07 bits per heavy atom. The fourth-order valence-electron chi connectivity index (χ4n) is 7.48. The number of fused-ring (bicyclic) bond motifs is 5. The van der Waals surface area contributed by atoms with Crippen molar-refractivity contribution in [1.82, 2.24) is 10.2 Å². The van der Waals surface area contributed by atoms with E-state index in [4.69, 9.17) is 0 Å². The molecule has 1 spiro atoms. The highest BCUT2D eigenvalue weighted by atomic mass is 16.1. The summed E-state index contributed by atoms with van der Waals surface area (Å²) in [5.74, 6) is 3.06. The minimum atomic E-state index is 0. The van der Waals surface area contributed by atoms with Gasteiger partial charge in [0.15, 0.2) is 0 Å². The van der Waals surface area contributed by atoms with Gasteiger partial charge < -0.3 is 10.2 Å². The van der Waals surface area contributed by atoms with E-state index < -0.39 is 0 Å². The van der Waals surface area contributed by atoms with Gasteiger partial charge in [0.1, 0.15) is 0 Å². The number of hydrogen-bond donors (Lipinski definition) is 1. The van der Waals surface area contributed by atoms with Crippen LogP contribution >= 0.6 is 0 Å². The van der Waals surface area contributed by atoms with Gasteiger partial charge in [0.05, 0.1) is 6.04 Å². The van der Waals surface area contributed by atoms with Gasteiger partial charge in [-0.25, -0.2) is 0 Å². The molecule has 1 saturated heterocycles. The number of hydrogen-bond acceptors (Lipinski definition) is 2. The summed E-state index contributed by atoms with van der Waals surface area (Å²) in [6.45, 7) is 5.44. The van der Waals surface area contributed by atoms with Gasteiger partial charge >= 0.3 is 0 Å². The summed E-state index contributed by atoms with van der Waals surface area (Å²) >= 11 is 0. The number of likely N-dealkylation sites (tertiary alicyclic amines) is 1. The number of amides is 1. The molecule has 3 unspecified atom stereocenters. The van der Waals surface area contributed by atoms with Crippen LogP contribution in [0.25, 0.3) is 0 Å². The molecular weight excluding hydrogens is 368 g/mol. The number of carbonyl (C=O) groups excluding carboxylic acids is 1. The molecule has 3 aliphatic carbocycles. The van der Waals surface area contributed by atoms with Crippen LogP contribution in [0.3, 0.4) is 0 Å². The van der Waals surface area contributed by atoms with Crippen LogP contribution in [0, 0.1) is 17.8 Å². The average Bonchev–Trinajstić information content (AvgIpc) is 2.89. The van der Waals surface area contributed by atoms with Gasteiger partial charge in [0.25, 0.3) is 0 Å². The van der Waals surface area contributed by atoms with Crippen molar-refractivity contribution < 1.29 is 6.22 Å². The molecule has 3 nitrogen and oxygen atoms in total. The smallest absolute Gasteiger partial charge is 0.217 e. The Hall–Kier alpha value is -1.35. The van der Waals surface area contributed by atoms with E-state index in [1.54, 1.807) is 6.92 Å². The Morgan fingerprint density at radius 2 is 1.80 bits per heavy atom. The Labute approximate surface area is 184 Å². The Bertz CT molecular complexity index is 757. The standard InChI is InChI=1S/C27H40N2O.H2/c1-20(30)28-26-18-27(25-8-3-2-7-24(25)26)13-15-29(16-14-27)19-23-12-10-21-5-4-6-22(17-23)11-9-21;/h2-3,7-8,21-23,26H,4-6,9-19H2,1H3,(H,28,30);1H/t21?,22?,23?,26-;/m0./s1. The maximum Gasteiger partial charge on any atom is 0.217 e. The number of carbonyl (C=O) groups is 1. The fourth-order valence-corrected chi connectivity index (χ4v) is 7.48. The van der Waals surface area contributed by atoms with Crippen LogP contribution in [0.5, 0.6) is 0 Å². The number of rotatable bonds is 3. The van der Waals surface area contributed by atoms with Gasteiger partial charge in [-0.2, -0.15) is 0 Å². The normalized spacial score (nSPS) is 33.5. The summed E-state index contributed by atoms with van der Waals surface area (Å²) in [5.41, 5.74) is 3.16. The first-order chi connectivity index (χ1) is 14.6. The average molecular weight is 411 g/mol. The van der Waals surface area contributed by atoms with Crippen molar-refractivity contribution in [2.24, 2.45) is 17.8 Å². The van der Waals surface area contributed by atoms with E-state index in [-0.39, 0.29) is 18.8 Å². The molecule has 3 fully saturated rings. The lowest BCUT2D eigenvalue weighted by molar-refractivity contribution is -0.119. The lowest BCUT2D eigenvalue weighted by Gasteiger charge is -2.42. The van der Waals surface area contributed by atoms with Crippen LogP contribution in [0.15, 0.2) is 24.3 Å². The van der Waals surface area contributed by atoms with Crippen LogP contribution < -0.4 is 5.32 Å². The van der Waals surface area contributed by atoms with Crippen LogP contribution in [0.4, 0.5) is 0 Å². The highest BCUT2D eigenvalue weighted by Gasteiger charge is 2.45. The molecule has 1 heterocycles. The molecule has 2 bridgehead atoms. The molecule has 30 heavy (non-hydrogen) atoms. The summed E-state index contributed by atoms with van der Waals surface area (Å²) in [7, 11) is 0. The minimum absolute atomic E-state index is 0. The number of benzene rings is 1. The molecule has 1 aromatic rings. The lowest BCUT2D eigenvalue weighted by Crippen LogP contribution is -2.44. The predicted octanol–water partition coefficient (Wildman–Crippen LogP) is 5.84. The monoisotopic (exact) mass is 410 g/mol.